The van der Waals surface area contributed by atoms with E-state index in [2.05, 4.69) is 47.5 Å². The van der Waals surface area contributed by atoms with Gasteiger partial charge in [-0.1, -0.05) is 45.6 Å². The van der Waals surface area contributed by atoms with Crippen molar-refractivity contribution in [1.29, 1.82) is 0 Å². The van der Waals surface area contributed by atoms with E-state index in [9.17, 15) is 0 Å². The summed E-state index contributed by atoms with van der Waals surface area (Å²) in [6.07, 6.45) is 6.61. The summed E-state index contributed by atoms with van der Waals surface area (Å²) in [4.78, 5) is 0. The predicted octanol–water partition coefficient (Wildman–Crippen LogP) is 4.03. The Labute approximate surface area is 103 Å². The number of hydrogen-bond donors (Lipinski definition) is 1. The van der Waals surface area contributed by atoms with Crippen LogP contribution in [0.4, 0.5) is 0 Å². The number of nitrogens with zero attached hydrogens (tertiary/aromatic N) is 2. The van der Waals surface area contributed by atoms with Crippen LogP contribution in [0.15, 0.2) is 18.2 Å². The normalized spacial score (nSPS) is 13.1. The van der Waals surface area contributed by atoms with Crippen LogP contribution in [0.5, 0.6) is 0 Å². The van der Waals surface area contributed by atoms with Crippen LogP contribution in [0, 0.1) is 0 Å². The monoisotopic (exact) mass is 231 g/mol. The van der Waals surface area contributed by atoms with Gasteiger partial charge in [-0.15, -0.1) is 0 Å². The van der Waals surface area contributed by atoms with Crippen LogP contribution in [-0.4, -0.2) is 15.4 Å². The Kier molecular flexibility index (Phi) is 4.13. The van der Waals surface area contributed by atoms with E-state index in [1.165, 1.54) is 37.7 Å². The number of benzene rings is 1. The quantitative estimate of drug-likeness (QED) is 0.762. The van der Waals surface area contributed by atoms with Gasteiger partial charge in [-0.25, -0.2) is 0 Å². The average molecular weight is 231 g/mol. The Hall–Kier alpha value is -1.38. The van der Waals surface area contributed by atoms with Crippen LogP contribution >= 0.6 is 0 Å². The lowest BCUT2D eigenvalue weighted by atomic mass is 9.94. The second-order valence-electron chi connectivity index (χ2n) is 4.82. The van der Waals surface area contributed by atoms with Gasteiger partial charge in [0, 0.05) is 0 Å². The van der Waals surface area contributed by atoms with Crippen molar-refractivity contribution in [3.63, 3.8) is 0 Å². The fraction of sp³-hybridized carbons (Fsp3) is 0.571. The maximum atomic E-state index is 4.14. The first kappa shape index (κ1) is 12.1. The highest BCUT2D eigenvalue weighted by molar-refractivity contribution is 5.74. The summed E-state index contributed by atoms with van der Waals surface area (Å²) in [7, 11) is 0. The van der Waals surface area contributed by atoms with Crippen molar-refractivity contribution in [2.45, 2.75) is 51.9 Å². The predicted molar refractivity (Wildman–Crippen MR) is 71.1 cm³/mol. The minimum atomic E-state index is 0.618. The van der Waals surface area contributed by atoms with Gasteiger partial charge in [0.15, 0.2) is 0 Å². The van der Waals surface area contributed by atoms with Gasteiger partial charge >= 0.3 is 0 Å². The number of aromatic amines is 1. The molecule has 0 saturated heterocycles. The highest BCUT2D eigenvalue weighted by Crippen LogP contribution is 2.24. The van der Waals surface area contributed by atoms with E-state index in [0.717, 1.165) is 11.0 Å². The standard InChI is InChI=1S/C14H21N3/c1-3-4-5-6-7-11(2)12-8-9-13-14(10-12)16-17-15-13/h8-11H,3-7H2,1-2H3,(H,15,16,17). The van der Waals surface area contributed by atoms with Gasteiger partial charge in [-0.3, -0.25) is 0 Å². The van der Waals surface area contributed by atoms with E-state index in [1.54, 1.807) is 0 Å². The molecule has 3 heteroatoms. The third-order valence-electron chi connectivity index (χ3n) is 3.40. The van der Waals surface area contributed by atoms with Crippen molar-refractivity contribution in [2.24, 2.45) is 0 Å². The first-order valence-corrected chi connectivity index (χ1v) is 6.61. The summed E-state index contributed by atoms with van der Waals surface area (Å²) in [6, 6.07) is 6.38. The fourth-order valence-corrected chi connectivity index (χ4v) is 2.21. The van der Waals surface area contributed by atoms with Crippen LogP contribution in [0.3, 0.4) is 0 Å². The summed E-state index contributed by atoms with van der Waals surface area (Å²) in [6.45, 7) is 4.55. The van der Waals surface area contributed by atoms with Crippen molar-refractivity contribution in [3.8, 4) is 0 Å². The zero-order valence-electron chi connectivity index (χ0n) is 10.7. The van der Waals surface area contributed by atoms with Crippen molar-refractivity contribution >= 4 is 11.0 Å². The van der Waals surface area contributed by atoms with E-state index in [1.807, 2.05) is 0 Å². The van der Waals surface area contributed by atoms with Gasteiger partial charge in [0.1, 0.15) is 11.0 Å². The van der Waals surface area contributed by atoms with Gasteiger partial charge in [-0.05, 0) is 30.0 Å². The molecule has 2 aromatic rings. The van der Waals surface area contributed by atoms with Crippen molar-refractivity contribution in [3.05, 3.63) is 23.8 Å². The number of aromatic nitrogens is 3. The topological polar surface area (TPSA) is 41.6 Å². The molecule has 17 heavy (non-hydrogen) atoms. The fourth-order valence-electron chi connectivity index (χ4n) is 2.21. The number of unbranched alkanes of at least 4 members (excludes halogenated alkanes) is 3. The second-order valence-corrected chi connectivity index (χ2v) is 4.82. The van der Waals surface area contributed by atoms with Gasteiger partial charge in [0.2, 0.25) is 0 Å². The Morgan fingerprint density at radius 2 is 1.94 bits per heavy atom. The molecule has 3 nitrogen and oxygen atoms in total. The van der Waals surface area contributed by atoms with Gasteiger partial charge in [0.25, 0.3) is 0 Å². The Morgan fingerprint density at radius 1 is 1.12 bits per heavy atom. The lowest BCUT2D eigenvalue weighted by molar-refractivity contribution is 0.580. The summed E-state index contributed by atoms with van der Waals surface area (Å²) < 4.78 is 0. The van der Waals surface area contributed by atoms with Crippen LogP contribution in [-0.2, 0) is 0 Å². The van der Waals surface area contributed by atoms with E-state index < -0.39 is 0 Å². The smallest absolute Gasteiger partial charge is 0.113 e. The van der Waals surface area contributed by atoms with Gasteiger partial charge in [0.05, 0.1) is 0 Å². The van der Waals surface area contributed by atoms with Gasteiger partial charge < -0.3 is 0 Å². The Balaban J connectivity index is 1.95. The molecule has 1 aromatic heterocycles. The zero-order chi connectivity index (χ0) is 12.1. The molecule has 1 heterocycles. The molecule has 2 rings (SSSR count). The third kappa shape index (κ3) is 3.05. The lowest BCUT2D eigenvalue weighted by Gasteiger charge is -2.11. The summed E-state index contributed by atoms with van der Waals surface area (Å²) in [5.41, 5.74) is 3.30. The number of fused-ring (bicyclic) bond motifs is 1. The highest BCUT2D eigenvalue weighted by atomic mass is 15.3. The van der Waals surface area contributed by atoms with Crippen LogP contribution in [0.25, 0.3) is 11.0 Å². The number of H-pyrrole nitrogens is 1. The molecule has 1 N–H and O–H groups in total. The second kappa shape index (κ2) is 5.80. The molecule has 0 fully saturated rings. The molecule has 0 bridgehead atoms. The number of hydrogen-bond acceptors (Lipinski definition) is 2. The highest BCUT2D eigenvalue weighted by Gasteiger charge is 2.07. The number of nitrogens with one attached hydrogen (secondary N) is 1. The van der Waals surface area contributed by atoms with Gasteiger partial charge in [-0.2, -0.15) is 15.4 Å². The first-order chi connectivity index (χ1) is 8.31. The molecule has 0 amide bonds. The molecule has 1 atom stereocenters. The average Bonchev–Trinajstić information content (AvgIpc) is 2.81. The summed E-state index contributed by atoms with van der Waals surface area (Å²) >= 11 is 0. The molecule has 0 aliphatic heterocycles. The molecular formula is C14H21N3. The van der Waals surface area contributed by atoms with Crippen molar-refractivity contribution in [1.82, 2.24) is 15.4 Å². The Bertz CT molecular complexity index is 461. The van der Waals surface area contributed by atoms with Crippen LogP contribution in [0.1, 0.15) is 57.4 Å². The van der Waals surface area contributed by atoms with Crippen molar-refractivity contribution < 1.29 is 0 Å². The van der Waals surface area contributed by atoms with Crippen molar-refractivity contribution in [2.75, 3.05) is 0 Å². The van der Waals surface area contributed by atoms with E-state index >= 15 is 0 Å². The van der Waals surface area contributed by atoms with Crippen LogP contribution < -0.4 is 0 Å². The minimum Gasteiger partial charge on any atom is -0.197 e. The molecule has 0 aliphatic carbocycles. The maximum Gasteiger partial charge on any atom is 0.113 e. The molecule has 0 aliphatic rings. The number of rotatable bonds is 6. The molecule has 92 valence electrons. The summed E-state index contributed by atoms with van der Waals surface area (Å²) in [5, 5.41) is 10.9. The Morgan fingerprint density at radius 3 is 2.76 bits per heavy atom. The lowest BCUT2D eigenvalue weighted by Crippen LogP contribution is -1.93. The molecular weight excluding hydrogens is 210 g/mol. The van der Waals surface area contributed by atoms with E-state index in [0.29, 0.717) is 5.92 Å². The largest absolute Gasteiger partial charge is 0.197 e. The minimum absolute atomic E-state index is 0.618. The first-order valence-electron chi connectivity index (χ1n) is 6.61. The molecule has 0 spiro atoms. The van der Waals surface area contributed by atoms with Crippen LogP contribution in [0.2, 0.25) is 0 Å². The third-order valence-corrected chi connectivity index (χ3v) is 3.40. The molecule has 0 radical (unpaired) electrons. The molecule has 1 aromatic carbocycles. The SMILES string of the molecule is CCCCCCC(C)c1ccc2n[nH]nc2c1. The van der Waals surface area contributed by atoms with E-state index in [4.69, 9.17) is 0 Å². The summed E-state index contributed by atoms with van der Waals surface area (Å²) in [5.74, 6) is 0.618. The van der Waals surface area contributed by atoms with E-state index in [-0.39, 0.29) is 0 Å². The molecule has 1 unspecified atom stereocenters. The maximum absolute atomic E-state index is 4.14. The zero-order valence-corrected chi connectivity index (χ0v) is 10.7. The molecule has 0 saturated carbocycles.